The minimum absolute atomic E-state index is 0.0281. The smallest absolute Gasteiger partial charge is 0.266 e. The van der Waals surface area contributed by atoms with Crippen molar-refractivity contribution in [1.29, 1.82) is 0 Å². The number of para-hydroxylation sites is 1. The number of fused-ring (bicyclic) bond motifs is 1. The van der Waals surface area contributed by atoms with E-state index in [0.717, 1.165) is 11.8 Å². The number of thioether (sulfide) groups is 1. The zero-order valence-corrected chi connectivity index (χ0v) is 21.4. The molecule has 1 aromatic heterocycles. The molecule has 0 fully saturated rings. The van der Waals surface area contributed by atoms with Crippen LogP contribution in [-0.2, 0) is 4.79 Å². The first-order chi connectivity index (χ1) is 16.9. The van der Waals surface area contributed by atoms with Crippen LogP contribution in [0.3, 0.4) is 0 Å². The Bertz CT molecular complexity index is 1490. The largest absolute Gasteiger partial charge is 0.503 e. The Morgan fingerprint density at radius 3 is 2.74 bits per heavy atom. The highest BCUT2D eigenvalue weighted by Crippen LogP contribution is 2.34. The van der Waals surface area contributed by atoms with E-state index in [-0.39, 0.29) is 28.7 Å². The molecule has 178 valence electrons. The molecule has 1 amide bonds. The number of phenolic OH excluding ortho intramolecular Hbond substituents is 1. The van der Waals surface area contributed by atoms with Crippen molar-refractivity contribution >= 4 is 62.3 Å². The summed E-state index contributed by atoms with van der Waals surface area (Å²) in [6.07, 6.45) is 1.42. The zero-order valence-electron chi connectivity index (χ0n) is 18.2. The molecule has 0 aliphatic rings. The van der Waals surface area contributed by atoms with Crippen LogP contribution in [0.1, 0.15) is 5.56 Å². The molecule has 0 saturated carbocycles. The van der Waals surface area contributed by atoms with Gasteiger partial charge in [-0.15, -0.1) is 0 Å². The number of aromatic hydroxyl groups is 1. The predicted octanol–water partition coefficient (Wildman–Crippen LogP) is 4.76. The molecule has 4 rings (SSSR count). The van der Waals surface area contributed by atoms with Crippen molar-refractivity contribution < 1.29 is 14.6 Å². The maximum Gasteiger partial charge on any atom is 0.266 e. The number of hydrogen-bond donors (Lipinski definition) is 2. The fourth-order valence-electron chi connectivity index (χ4n) is 3.19. The Hall–Kier alpha value is -3.34. The summed E-state index contributed by atoms with van der Waals surface area (Å²) in [5, 5.41) is 15.2. The number of aromatic nitrogens is 2. The number of nitrogens with one attached hydrogen (secondary N) is 1. The van der Waals surface area contributed by atoms with E-state index in [0.29, 0.717) is 36.8 Å². The maximum atomic E-state index is 13.2. The van der Waals surface area contributed by atoms with Crippen molar-refractivity contribution in [1.82, 2.24) is 15.0 Å². The van der Waals surface area contributed by atoms with Crippen molar-refractivity contribution in [3.8, 4) is 17.2 Å². The van der Waals surface area contributed by atoms with Crippen LogP contribution in [0.25, 0.3) is 16.6 Å². The number of hydrogen-bond acceptors (Lipinski definition) is 7. The van der Waals surface area contributed by atoms with Crippen LogP contribution >= 0.6 is 39.3 Å². The van der Waals surface area contributed by atoms with E-state index in [4.69, 9.17) is 16.3 Å². The summed E-state index contributed by atoms with van der Waals surface area (Å²) < 4.78 is 6.99. The lowest BCUT2D eigenvalue weighted by atomic mass is 10.2. The summed E-state index contributed by atoms with van der Waals surface area (Å²) in [4.78, 5) is 30.3. The summed E-state index contributed by atoms with van der Waals surface area (Å²) in [6.45, 7) is 0. The highest BCUT2D eigenvalue weighted by Gasteiger charge is 2.15. The Morgan fingerprint density at radius 1 is 1.26 bits per heavy atom. The lowest BCUT2D eigenvalue weighted by molar-refractivity contribution is -0.118. The number of ether oxygens (including phenoxy) is 1. The molecule has 8 nitrogen and oxygen atoms in total. The van der Waals surface area contributed by atoms with Gasteiger partial charge >= 0.3 is 0 Å². The molecule has 0 aliphatic heterocycles. The lowest BCUT2D eigenvalue weighted by Gasteiger charge is -2.13. The number of nitrogens with zero attached hydrogens (tertiary/aromatic N) is 3. The number of rotatable bonds is 7. The van der Waals surface area contributed by atoms with E-state index in [2.05, 4.69) is 31.4 Å². The average Bonchev–Trinajstić information content (AvgIpc) is 2.85. The van der Waals surface area contributed by atoms with Crippen molar-refractivity contribution in [2.45, 2.75) is 5.16 Å². The third-order valence-electron chi connectivity index (χ3n) is 4.84. The van der Waals surface area contributed by atoms with Crippen molar-refractivity contribution in [2.75, 3.05) is 12.9 Å². The van der Waals surface area contributed by atoms with E-state index >= 15 is 0 Å². The number of carbonyl (C=O) groups excluding carboxylic acids is 1. The number of benzene rings is 3. The molecule has 3 aromatic carbocycles. The van der Waals surface area contributed by atoms with Gasteiger partial charge in [0.05, 0.1) is 40.1 Å². The molecule has 0 aliphatic carbocycles. The standard InChI is InChI=1S/C24H18BrClN4O4S/c1-34-20-11-14(10-18(25)22(20)32)12-27-29-21(31)13-35-24-28-19-5-3-2-4-17(19)23(33)30(24)16-8-6-15(26)7-9-16/h2-12,32H,13H2,1H3,(H,29,31). The van der Waals surface area contributed by atoms with E-state index in [1.165, 1.54) is 17.9 Å². The molecular formula is C24H18BrClN4O4S. The van der Waals surface area contributed by atoms with E-state index in [1.807, 2.05) is 0 Å². The number of hydrazone groups is 1. The van der Waals surface area contributed by atoms with Gasteiger partial charge in [0, 0.05) is 5.02 Å². The van der Waals surface area contributed by atoms with E-state index in [1.54, 1.807) is 60.7 Å². The Balaban J connectivity index is 1.54. The Labute approximate surface area is 217 Å². The highest BCUT2D eigenvalue weighted by atomic mass is 79.9. The van der Waals surface area contributed by atoms with E-state index < -0.39 is 0 Å². The molecule has 0 saturated heterocycles. The van der Waals surface area contributed by atoms with Crippen molar-refractivity contribution in [2.24, 2.45) is 5.10 Å². The molecule has 0 spiro atoms. The second-order valence-electron chi connectivity index (χ2n) is 7.16. The summed E-state index contributed by atoms with van der Waals surface area (Å²) >= 11 is 10.4. The zero-order chi connectivity index (χ0) is 24.9. The van der Waals surface area contributed by atoms with Gasteiger partial charge in [-0.05, 0) is 70.0 Å². The average molecular weight is 574 g/mol. The van der Waals surface area contributed by atoms with Crippen LogP contribution in [0.2, 0.25) is 5.02 Å². The summed E-state index contributed by atoms with van der Waals surface area (Å²) in [7, 11) is 1.44. The Kier molecular flexibility index (Phi) is 7.74. The molecule has 2 N–H and O–H groups in total. The quantitative estimate of drug-likeness (QED) is 0.143. The van der Waals surface area contributed by atoms with Crippen molar-refractivity contribution in [3.05, 3.63) is 86.1 Å². The van der Waals surface area contributed by atoms with Gasteiger partial charge in [-0.25, -0.2) is 10.4 Å². The SMILES string of the molecule is COc1cc(C=NNC(=O)CSc2nc3ccccc3c(=O)n2-c2ccc(Cl)cc2)cc(Br)c1O. The third kappa shape index (κ3) is 5.67. The molecule has 0 unspecified atom stereocenters. The number of amides is 1. The van der Waals surface area contributed by atoms with Crippen LogP contribution in [0, 0.1) is 0 Å². The van der Waals surface area contributed by atoms with Gasteiger partial charge in [-0.2, -0.15) is 5.10 Å². The van der Waals surface area contributed by atoms with Crippen LogP contribution in [0.5, 0.6) is 11.5 Å². The van der Waals surface area contributed by atoms with Crippen LogP contribution < -0.4 is 15.7 Å². The van der Waals surface area contributed by atoms with E-state index in [9.17, 15) is 14.7 Å². The van der Waals surface area contributed by atoms with Gasteiger partial charge < -0.3 is 9.84 Å². The van der Waals surface area contributed by atoms with Crippen LogP contribution in [-0.4, -0.2) is 39.6 Å². The fourth-order valence-corrected chi connectivity index (χ4v) is 4.58. The van der Waals surface area contributed by atoms with Gasteiger partial charge in [0.1, 0.15) is 0 Å². The number of carbonyl (C=O) groups is 1. The second-order valence-corrected chi connectivity index (χ2v) is 9.40. The lowest BCUT2D eigenvalue weighted by Crippen LogP contribution is -2.24. The van der Waals surface area contributed by atoms with Crippen molar-refractivity contribution in [3.63, 3.8) is 0 Å². The summed E-state index contributed by atoms with van der Waals surface area (Å²) in [5.41, 5.74) is 3.93. The minimum atomic E-state index is -0.388. The molecule has 4 aromatic rings. The molecule has 11 heteroatoms. The van der Waals surface area contributed by atoms with Crippen LogP contribution in [0.15, 0.2) is 80.2 Å². The maximum absolute atomic E-state index is 13.2. The predicted molar refractivity (Wildman–Crippen MR) is 141 cm³/mol. The highest BCUT2D eigenvalue weighted by molar-refractivity contribution is 9.10. The normalized spacial score (nSPS) is 11.2. The molecule has 35 heavy (non-hydrogen) atoms. The minimum Gasteiger partial charge on any atom is -0.503 e. The first kappa shape index (κ1) is 24.8. The molecular weight excluding hydrogens is 556 g/mol. The Morgan fingerprint density at radius 2 is 2.00 bits per heavy atom. The monoisotopic (exact) mass is 572 g/mol. The first-order valence-electron chi connectivity index (χ1n) is 10.2. The fraction of sp³-hybridized carbons (Fsp3) is 0.0833. The van der Waals surface area contributed by atoms with Gasteiger partial charge in [-0.1, -0.05) is 35.5 Å². The second kappa shape index (κ2) is 10.9. The molecule has 0 radical (unpaired) electrons. The summed E-state index contributed by atoms with van der Waals surface area (Å²) in [6, 6.07) is 17.1. The number of halogens is 2. The van der Waals surface area contributed by atoms with Gasteiger partial charge in [0.2, 0.25) is 0 Å². The number of phenols is 1. The molecule has 1 heterocycles. The number of methoxy groups -OCH3 is 1. The van der Waals surface area contributed by atoms with Gasteiger partial charge in [-0.3, -0.25) is 14.2 Å². The van der Waals surface area contributed by atoms with Gasteiger partial charge in [0.25, 0.3) is 11.5 Å². The topological polar surface area (TPSA) is 106 Å². The molecule has 0 bridgehead atoms. The molecule has 0 atom stereocenters. The first-order valence-corrected chi connectivity index (χ1v) is 12.3. The van der Waals surface area contributed by atoms with Crippen LogP contribution in [0.4, 0.5) is 0 Å². The summed E-state index contributed by atoms with van der Waals surface area (Å²) in [5.74, 6) is -0.177. The third-order valence-corrected chi connectivity index (χ3v) is 6.63. The van der Waals surface area contributed by atoms with Gasteiger partial charge in [0.15, 0.2) is 16.7 Å².